The number of aromatic nitrogens is 1. The molecular weight excluding hydrogens is 490 g/mol. The zero-order valence-corrected chi connectivity index (χ0v) is 22.4. The Labute approximate surface area is 216 Å². The first kappa shape index (κ1) is 29.6. The number of halogens is 2. The fraction of sp³-hybridized carbons (Fsp3) is 0.520. The van der Waals surface area contributed by atoms with Crippen LogP contribution in [0.5, 0.6) is 5.75 Å². The number of ether oxygens (including phenoxy) is 2. The molecule has 2 aromatic rings. The zero-order valence-electron chi connectivity index (χ0n) is 21.6. The predicted molar refractivity (Wildman–Crippen MR) is 140 cm³/mol. The molecule has 1 aromatic carbocycles. The predicted octanol–water partition coefficient (Wildman–Crippen LogP) is 3.60. The summed E-state index contributed by atoms with van der Waals surface area (Å²) < 4.78 is 36.0. The van der Waals surface area contributed by atoms with Gasteiger partial charge in [0.2, 0.25) is 0 Å². The van der Waals surface area contributed by atoms with E-state index in [1.807, 2.05) is 30.7 Å². The summed E-state index contributed by atoms with van der Waals surface area (Å²) in [5, 5.41) is 12.5. The first-order valence-corrected chi connectivity index (χ1v) is 12.7. The Morgan fingerprint density at radius 3 is 2.33 bits per heavy atom. The van der Waals surface area contributed by atoms with Crippen molar-refractivity contribution in [2.75, 3.05) is 63.5 Å². The first-order chi connectivity index (χ1) is 17.1. The number of nitrogens with one attached hydrogen (secondary N) is 1. The second-order valence-corrected chi connectivity index (χ2v) is 9.65. The molecule has 0 saturated heterocycles. The maximum Gasteiger partial charge on any atom is 0.251 e. The molecule has 0 spiro atoms. The van der Waals surface area contributed by atoms with Crippen LogP contribution in [0.1, 0.15) is 23.7 Å². The number of methoxy groups -OCH3 is 2. The summed E-state index contributed by atoms with van der Waals surface area (Å²) in [6.07, 6.45) is 2.49. The van der Waals surface area contributed by atoms with E-state index in [9.17, 15) is 18.7 Å². The van der Waals surface area contributed by atoms with Crippen molar-refractivity contribution in [2.45, 2.75) is 19.4 Å². The van der Waals surface area contributed by atoms with E-state index in [1.165, 1.54) is 32.6 Å². The topological polar surface area (TPSA) is 87.2 Å². The smallest absolute Gasteiger partial charge is 0.251 e. The number of hydrogen-bond donors (Lipinski definition) is 2. The van der Waals surface area contributed by atoms with E-state index in [-0.39, 0.29) is 24.8 Å². The number of amides is 1. The lowest BCUT2D eigenvalue weighted by molar-refractivity contribution is 0.0610. The average molecular weight is 527 g/mol. The number of hydrogen-bond acceptors (Lipinski definition) is 8. The fourth-order valence-corrected chi connectivity index (χ4v) is 3.67. The van der Waals surface area contributed by atoms with Gasteiger partial charge in [-0.05, 0) is 30.4 Å². The third-order valence-electron chi connectivity index (χ3n) is 5.76. The summed E-state index contributed by atoms with van der Waals surface area (Å²) in [5.41, 5.74) is 0.534. The lowest BCUT2D eigenvalue weighted by Crippen LogP contribution is -2.34. The molecule has 3 atom stereocenters. The van der Waals surface area contributed by atoms with Crippen LogP contribution in [-0.2, 0) is 4.74 Å². The van der Waals surface area contributed by atoms with E-state index in [0.29, 0.717) is 11.5 Å². The second kappa shape index (κ2) is 14.2. The number of pyridine rings is 1. The number of carbonyl (C=O) groups is 1. The third-order valence-corrected chi connectivity index (χ3v) is 6.50. The molecule has 3 rings (SSSR count). The highest BCUT2D eigenvalue weighted by molar-refractivity contribution is 7.99. The highest BCUT2D eigenvalue weighted by Gasteiger charge is 2.33. The van der Waals surface area contributed by atoms with Gasteiger partial charge in [0.05, 0.1) is 19.8 Å². The van der Waals surface area contributed by atoms with E-state index in [4.69, 9.17) is 9.72 Å². The molecule has 0 aliphatic heterocycles. The van der Waals surface area contributed by atoms with Gasteiger partial charge in [-0.25, -0.2) is 13.8 Å². The summed E-state index contributed by atoms with van der Waals surface area (Å²) in [7, 11) is 6.81. The average Bonchev–Trinajstić information content (AvgIpc) is 3.55. The van der Waals surface area contributed by atoms with Crippen LogP contribution >= 0.6 is 11.9 Å². The maximum atomic E-state index is 12.5. The molecule has 0 radical (unpaired) electrons. The SMILES string of the molecule is COCC(O)CNC(=O)c1cc(N(C)CC2C[C@@H]2C)nc(N(C)SC)c1.COc1cc(F)cc(F)c1. The van der Waals surface area contributed by atoms with Crippen LogP contribution in [0.25, 0.3) is 0 Å². The molecule has 1 aliphatic carbocycles. The number of carbonyl (C=O) groups excluding carboxylic acids is 1. The molecule has 11 heteroatoms. The van der Waals surface area contributed by atoms with Crippen molar-refractivity contribution in [1.82, 2.24) is 10.3 Å². The van der Waals surface area contributed by atoms with Gasteiger partial charge in [-0.15, -0.1) is 0 Å². The number of benzene rings is 1. The molecule has 2 N–H and O–H groups in total. The largest absolute Gasteiger partial charge is 0.497 e. The van der Waals surface area contributed by atoms with Crippen LogP contribution in [0, 0.1) is 23.5 Å². The number of aliphatic hydroxyl groups excluding tert-OH is 1. The molecule has 0 bridgehead atoms. The lowest BCUT2D eigenvalue weighted by atomic mass is 10.2. The third kappa shape index (κ3) is 9.44. The minimum absolute atomic E-state index is 0.146. The number of aliphatic hydroxyl groups is 1. The van der Waals surface area contributed by atoms with Crippen LogP contribution in [0.2, 0.25) is 0 Å². The number of nitrogens with zero attached hydrogens (tertiary/aromatic N) is 3. The second-order valence-electron chi connectivity index (χ2n) is 8.73. The summed E-state index contributed by atoms with van der Waals surface area (Å²) in [4.78, 5) is 19.4. The van der Waals surface area contributed by atoms with Gasteiger partial charge in [0.25, 0.3) is 5.91 Å². The van der Waals surface area contributed by atoms with Crippen molar-refractivity contribution in [2.24, 2.45) is 11.8 Å². The van der Waals surface area contributed by atoms with E-state index < -0.39 is 17.7 Å². The minimum atomic E-state index is -0.724. The maximum absolute atomic E-state index is 12.5. The number of rotatable bonds is 11. The van der Waals surface area contributed by atoms with Crippen LogP contribution < -0.4 is 19.3 Å². The van der Waals surface area contributed by atoms with E-state index in [2.05, 4.69) is 21.9 Å². The molecule has 8 nitrogen and oxygen atoms in total. The Hall–Kier alpha value is -2.63. The van der Waals surface area contributed by atoms with Crippen molar-refractivity contribution >= 4 is 29.5 Å². The molecule has 200 valence electrons. The van der Waals surface area contributed by atoms with E-state index in [0.717, 1.165) is 42.3 Å². The van der Waals surface area contributed by atoms with Gasteiger partial charge in [0, 0.05) is 64.3 Å². The fourth-order valence-electron chi connectivity index (χ4n) is 3.39. The molecule has 1 fully saturated rings. The van der Waals surface area contributed by atoms with E-state index in [1.54, 1.807) is 6.07 Å². The summed E-state index contributed by atoms with van der Waals surface area (Å²) in [6, 6.07) is 6.60. The van der Waals surface area contributed by atoms with Crippen LogP contribution in [0.3, 0.4) is 0 Å². The van der Waals surface area contributed by atoms with Gasteiger partial charge in [0.1, 0.15) is 29.0 Å². The Kier molecular flexibility index (Phi) is 11.7. The van der Waals surface area contributed by atoms with E-state index >= 15 is 0 Å². The first-order valence-electron chi connectivity index (χ1n) is 11.5. The quantitative estimate of drug-likeness (QED) is 0.430. The van der Waals surface area contributed by atoms with Crippen molar-refractivity contribution in [3.63, 3.8) is 0 Å². The normalized spacial score (nSPS) is 16.9. The van der Waals surface area contributed by atoms with Gasteiger partial charge in [0.15, 0.2) is 0 Å². The van der Waals surface area contributed by atoms with Crippen molar-refractivity contribution in [1.29, 1.82) is 0 Å². The standard InChI is InChI=1S/C18H30N4O3S.C7H6F2O/c1-12-6-14(12)10-21(2)16-7-13(8-17(20-16)22(3)26-5)18(24)19-9-15(23)11-25-4;1-10-7-3-5(8)2-6(9)4-7/h7-8,12,14-15,23H,6,9-11H2,1-5H3,(H,19,24);2-4H,1H3/t12-,14?,15?;/m0./s1. The highest BCUT2D eigenvalue weighted by Crippen LogP contribution is 2.38. The van der Waals surface area contributed by atoms with Gasteiger partial charge >= 0.3 is 0 Å². The summed E-state index contributed by atoms with van der Waals surface area (Å²) in [5.74, 6) is 1.68. The Morgan fingerprint density at radius 2 is 1.81 bits per heavy atom. The molecular formula is C25H36F2N4O4S. The van der Waals surface area contributed by atoms with Crippen LogP contribution in [-0.4, -0.2) is 76.4 Å². The molecule has 1 aromatic heterocycles. The van der Waals surface area contributed by atoms with Crippen molar-refractivity contribution < 1.29 is 28.2 Å². The van der Waals surface area contributed by atoms with Crippen molar-refractivity contribution in [3.05, 3.63) is 47.5 Å². The summed E-state index contributed by atoms with van der Waals surface area (Å²) >= 11 is 1.53. The molecule has 1 amide bonds. The van der Waals surface area contributed by atoms with Gasteiger partial charge in [-0.3, -0.25) is 4.79 Å². The van der Waals surface area contributed by atoms with Crippen LogP contribution in [0.4, 0.5) is 20.4 Å². The van der Waals surface area contributed by atoms with Gasteiger partial charge in [-0.2, -0.15) is 0 Å². The Bertz CT molecular complexity index is 980. The Morgan fingerprint density at radius 1 is 1.19 bits per heavy atom. The van der Waals surface area contributed by atoms with Crippen molar-refractivity contribution in [3.8, 4) is 5.75 Å². The number of anilines is 2. The Balaban J connectivity index is 0.000000380. The molecule has 2 unspecified atom stereocenters. The molecule has 1 aliphatic rings. The van der Waals surface area contributed by atoms with Gasteiger partial charge < -0.3 is 29.1 Å². The zero-order chi connectivity index (χ0) is 26.8. The lowest BCUT2D eigenvalue weighted by Gasteiger charge is -2.22. The highest BCUT2D eigenvalue weighted by atomic mass is 32.2. The molecule has 1 saturated carbocycles. The monoisotopic (exact) mass is 526 g/mol. The minimum Gasteiger partial charge on any atom is -0.497 e. The molecule has 36 heavy (non-hydrogen) atoms. The molecule has 1 heterocycles. The summed E-state index contributed by atoms with van der Waals surface area (Å²) in [6.45, 7) is 3.53. The van der Waals surface area contributed by atoms with Gasteiger partial charge in [-0.1, -0.05) is 18.9 Å². The van der Waals surface area contributed by atoms with Crippen LogP contribution in [0.15, 0.2) is 30.3 Å².